The molecule has 38 heavy (non-hydrogen) atoms. The topological polar surface area (TPSA) is 30.7 Å². The summed E-state index contributed by atoms with van der Waals surface area (Å²) in [7, 11) is 0. The summed E-state index contributed by atoms with van der Waals surface area (Å²) in [6.07, 6.45) is 3.67. The van der Waals surface area contributed by atoms with Crippen LogP contribution in [0.15, 0.2) is 138 Å². The number of halogens is 1. The number of hydrogen-bond donors (Lipinski definition) is 0. The average Bonchev–Trinajstić information content (AvgIpc) is 3.31. The maximum Gasteiger partial charge on any atom is 0.0702 e. The summed E-state index contributed by atoms with van der Waals surface area (Å²) in [5, 5.41) is 2.48. The monoisotopic (exact) mass is 551 g/mol. The number of para-hydroxylation sites is 1. The zero-order chi connectivity index (χ0) is 25.5. The lowest BCUT2D eigenvalue weighted by Gasteiger charge is -2.13. The number of rotatable bonds is 4. The van der Waals surface area contributed by atoms with Crippen molar-refractivity contribution in [3.63, 3.8) is 0 Å². The van der Waals surface area contributed by atoms with Crippen LogP contribution in [-0.4, -0.2) is 14.5 Å². The maximum atomic E-state index is 4.62. The van der Waals surface area contributed by atoms with E-state index in [0.29, 0.717) is 0 Å². The minimum absolute atomic E-state index is 0.940. The molecule has 0 atom stereocenters. The third-order valence-corrected chi connectivity index (χ3v) is 7.42. The maximum absolute atomic E-state index is 4.62. The number of hydrogen-bond acceptors (Lipinski definition) is 2. The van der Waals surface area contributed by atoms with Crippen molar-refractivity contribution in [3.05, 3.63) is 138 Å². The predicted octanol–water partition coefficient (Wildman–Crippen LogP) is 9.34. The first-order chi connectivity index (χ1) is 18.7. The lowest BCUT2D eigenvalue weighted by Crippen LogP contribution is -1.95. The van der Waals surface area contributed by atoms with E-state index in [0.717, 1.165) is 43.8 Å². The molecule has 7 rings (SSSR count). The van der Waals surface area contributed by atoms with Gasteiger partial charge in [0.15, 0.2) is 0 Å². The fraction of sp³-hybridized carbons (Fsp3) is 0. The van der Waals surface area contributed by atoms with Crippen LogP contribution >= 0.6 is 15.9 Å². The Morgan fingerprint density at radius 2 is 1.13 bits per heavy atom. The van der Waals surface area contributed by atoms with E-state index in [9.17, 15) is 0 Å². The second-order valence-electron chi connectivity index (χ2n) is 9.29. The summed E-state index contributed by atoms with van der Waals surface area (Å²) in [5.41, 5.74) is 9.75. The molecule has 0 aliphatic carbocycles. The molecule has 3 heterocycles. The van der Waals surface area contributed by atoms with Crippen molar-refractivity contribution < 1.29 is 0 Å². The lowest BCUT2D eigenvalue weighted by atomic mass is 9.96. The van der Waals surface area contributed by atoms with Crippen LogP contribution in [0.5, 0.6) is 0 Å². The Kier molecular flexibility index (Phi) is 5.60. The fourth-order valence-electron chi connectivity index (χ4n) is 5.20. The molecule has 0 saturated heterocycles. The van der Waals surface area contributed by atoms with Gasteiger partial charge in [0.05, 0.1) is 22.4 Å². The van der Waals surface area contributed by atoms with Crippen molar-refractivity contribution in [1.29, 1.82) is 0 Å². The van der Waals surface area contributed by atoms with Gasteiger partial charge in [-0.2, -0.15) is 0 Å². The quantitative estimate of drug-likeness (QED) is 0.218. The fourth-order valence-corrected chi connectivity index (χ4v) is 5.55. The van der Waals surface area contributed by atoms with Gasteiger partial charge in [0, 0.05) is 44.5 Å². The molecule has 7 aromatic rings. The molecule has 3 nitrogen and oxygen atoms in total. The lowest BCUT2D eigenvalue weighted by molar-refractivity contribution is 1.18. The first kappa shape index (κ1) is 22.6. The van der Waals surface area contributed by atoms with Gasteiger partial charge in [-0.05, 0) is 83.9 Å². The van der Waals surface area contributed by atoms with E-state index in [4.69, 9.17) is 0 Å². The molecule has 0 bridgehead atoms. The van der Waals surface area contributed by atoms with Crippen LogP contribution in [0, 0.1) is 0 Å². The highest BCUT2D eigenvalue weighted by Crippen LogP contribution is 2.36. The van der Waals surface area contributed by atoms with Gasteiger partial charge in [-0.3, -0.25) is 9.97 Å². The summed E-state index contributed by atoms with van der Waals surface area (Å²) < 4.78 is 3.41. The molecule has 0 spiro atoms. The largest absolute Gasteiger partial charge is 0.309 e. The van der Waals surface area contributed by atoms with Crippen molar-refractivity contribution in [2.75, 3.05) is 0 Å². The van der Waals surface area contributed by atoms with E-state index in [-0.39, 0.29) is 0 Å². The molecule has 0 N–H and O–H groups in total. The summed E-state index contributed by atoms with van der Waals surface area (Å²) in [6.45, 7) is 0. The van der Waals surface area contributed by atoms with Crippen LogP contribution in [0.2, 0.25) is 0 Å². The molecule has 4 heteroatoms. The third kappa shape index (κ3) is 4.00. The molecule has 0 aliphatic heterocycles. The van der Waals surface area contributed by atoms with Crippen LogP contribution < -0.4 is 0 Å². The number of benzene rings is 4. The summed E-state index contributed by atoms with van der Waals surface area (Å²) in [5.74, 6) is 0. The van der Waals surface area contributed by atoms with Gasteiger partial charge in [-0.1, -0.05) is 64.5 Å². The molecule has 0 unspecified atom stereocenters. The highest BCUT2D eigenvalue weighted by molar-refractivity contribution is 9.10. The molecule has 0 fully saturated rings. The Balaban J connectivity index is 1.44. The van der Waals surface area contributed by atoms with Gasteiger partial charge in [-0.15, -0.1) is 0 Å². The van der Waals surface area contributed by atoms with Crippen LogP contribution in [0.1, 0.15) is 0 Å². The minimum atomic E-state index is 0.940. The standard InChI is InChI=1S/C34H22BrN3/c35-27-14-15-30-29-10-1-2-13-33(29)38(34(30)22-27)28-9-7-8-23(21-28)24-18-25(31-11-3-5-16-36-31)20-26(19-24)32-12-4-6-17-37-32/h1-22H. The molecule has 3 aromatic heterocycles. The van der Waals surface area contributed by atoms with Gasteiger partial charge in [-0.25, -0.2) is 0 Å². The van der Waals surface area contributed by atoms with E-state index in [1.54, 1.807) is 0 Å². The molecular formula is C34H22BrN3. The van der Waals surface area contributed by atoms with Gasteiger partial charge >= 0.3 is 0 Å². The van der Waals surface area contributed by atoms with Crippen molar-refractivity contribution in [1.82, 2.24) is 14.5 Å². The molecule has 0 amide bonds. The number of aromatic nitrogens is 3. The van der Waals surface area contributed by atoms with E-state index < -0.39 is 0 Å². The average molecular weight is 552 g/mol. The molecule has 4 aromatic carbocycles. The van der Waals surface area contributed by atoms with Crippen LogP contribution in [-0.2, 0) is 0 Å². The number of fused-ring (bicyclic) bond motifs is 3. The Hall–Kier alpha value is -4.54. The smallest absolute Gasteiger partial charge is 0.0702 e. The Labute approximate surface area is 229 Å². The van der Waals surface area contributed by atoms with Crippen LogP contribution in [0.4, 0.5) is 0 Å². The Bertz CT molecular complexity index is 1870. The van der Waals surface area contributed by atoms with Gasteiger partial charge in [0.25, 0.3) is 0 Å². The van der Waals surface area contributed by atoms with Crippen molar-refractivity contribution in [2.24, 2.45) is 0 Å². The van der Waals surface area contributed by atoms with E-state index in [1.807, 2.05) is 48.8 Å². The second kappa shape index (κ2) is 9.40. The van der Waals surface area contributed by atoms with Crippen molar-refractivity contribution in [2.45, 2.75) is 0 Å². The van der Waals surface area contributed by atoms with Gasteiger partial charge < -0.3 is 4.57 Å². The first-order valence-electron chi connectivity index (χ1n) is 12.5. The third-order valence-electron chi connectivity index (χ3n) is 6.93. The van der Waals surface area contributed by atoms with E-state index in [2.05, 4.69) is 115 Å². The number of nitrogens with zero attached hydrogens (tertiary/aromatic N) is 3. The Morgan fingerprint density at radius 3 is 1.84 bits per heavy atom. The van der Waals surface area contributed by atoms with Gasteiger partial charge in [0.2, 0.25) is 0 Å². The normalized spacial score (nSPS) is 11.3. The van der Waals surface area contributed by atoms with E-state index >= 15 is 0 Å². The molecule has 0 aliphatic rings. The highest BCUT2D eigenvalue weighted by atomic mass is 79.9. The zero-order valence-electron chi connectivity index (χ0n) is 20.4. The summed E-state index contributed by atoms with van der Waals surface area (Å²) in [6, 6.07) is 42.5. The Morgan fingerprint density at radius 1 is 0.474 bits per heavy atom. The molecule has 0 saturated carbocycles. The van der Waals surface area contributed by atoms with E-state index in [1.165, 1.54) is 21.8 Å². The van der Waals surface area contributed by atoms with Gasteiger partial charge in [0.1, 0.15) is 0 Å². The number of pyridine rings is 2. The first-order valence-corrected chi connectivity index (χ1v) is 13.3. The SMILES string of the molecule is Brc1ccc2c3ccccc3n(-c3cccc(-c4cc(-c5ccccn5)cc(-c5ccccn5)c4)c3)c2c1. The predicted molar refractivity (Wildman–Crippen MR) is 160 cm³/mol. The summed E-state index contributed by atoms with van der Waals surface area (Å²) >= 11 is 3.68. The zero-order valence-corrected chi connectivity index (χ0v) is 22.0. The molecule has 180 valence electrons. The molecular weight excluding hydrogens is 530 g/mol. The summed E-state index contributed by atoms with van der Waals surface area (Å²) in [4.78, 5) is 9.25. The highest BCUT2D eigenvalue weighted by Gasteiger charge is 2.14. The van der Waals surface area contributed by atoms with Crippen LogP contribution in [0.25, 0.3) is 61.1 Å². The molecule has 0 radical (unpaired) electrons. The van der Waals surface area contributed by atoms with Crippen molar-refractivity contribution >= 4 is 37.7 Å². The van der Waals surface area contributed by atoms with Crippen LogP contribution in [0.3, 0.4) is 0 Å². The minimum Gasteiger partial charge on any atom is -0.309 e. The second-order valence-corrected chi connectivity index (χ2v) is 10.2. The van der Waals surface area contributed by atoms with Crippen molar-refractivity contribution in [3.8, 4) is 39.3 Å².